The summed E-state index contributed by atoms with van der Waals surface area (Å²) in [7, 11) is 2.00. The molecule has 1 aromatic carbocycles. The van der Waals surface area contributed by atoms with Crippen LogP contribution in [0.15, 0.2) is 42.7 Å². The zero-order valence-corrected chi connectivity index (χ0v) is 16.8. The van der Waals surface area contributed by atoms with Crippen LogP contribution in [0.4, 0.5) is 0 Å². The average molecular weight is 399 g/mol. The number of nitrogens with one attached hydrogen (secondary N) is 1. The highest BCUT2D eigenvalue weighted by molar-refractivity contribution is 5.95. The first-order chi connectivity index (χ1) is 11.8. The summed E-state index contributed by atoms with van der Waals surface area (Å²) in [6.07, 6.45) is 7.10. The molecule has 0 radical (unpaired) electrons. The van der Waals surface area contributed by atoms with Gasteiger partial charge in [-0.2, -0.15) is 5.10 Å². The number of hydrogen-bond acceptors (Lipinski definition) is 3. The molecule has 144 valence electrons. The number of carbonyl (C=O) groups excluding carboxylic acids is 1. The lowest BCUT2D eigenvalue weighted by molar-refractivity contribution is 0.0686. The van der Waals surface area contributed by atoms with Gasteiger partial charge in [0.25, 0.3) is 5.91 Å². The van der Waals surface area contributed by atoms with Crippen LogP contribution in [-0.4, -0.2) is 47.3 Å². The van der Waals surface area contributed by atoms with Gasteiger partial charge in [0.05, 0.1) is 6.54 Å². The fraction of sp³-hybridized carbons (Fsp3) is 0.474. The largest absolute Gasteiger partial charge is 0.339 e. The Morgan fingerprint density at radius 2 is 1.92 bits per heavy atom. The molecule has 1 fully saturated rings. The number of hydrogen-bond donors (Lipinski definition) is 1. The molecule has 2 heterocycles. The molecular formula is C19H28Cl2N4O. The Kier molecular flexibility index (Phi) is 9.70. The Morgan fingerprint density at radius 1 is 1.19 bits per heavy atom. The van der Waals surface area contributed by atoms with Gasteiger partial charge in [-0.15, -0.1) is 24.8 Å². The molecule has 0 bridgehead atoms. The molecule has 1 aromatic heterocycles. The molecule has 0 unspecified atom stereocenters. The first kappa shape index (κ1) is 22.5. The van der Waals surface area contributed by atoms with Crippen molar-refractivity contribution in [1.29, 1.82) is 0 Å². The van der Waals surface area contributed by atoms with Crippen molar-refractivity contribution in [3.63, 3.8) is 0 Å². The van der Waals surface area contributed by atoms with Crippen LogP contribution in [0.2, 0.25) is 0 Å². The van der Waals surface area contributed by atoms with Crippen molar-refractivity contribution >= 4 is 30.7 Å². The predicted octanol–water partition coefficient (Wildman–Crippen LogP) is 3.24. The number of nitrogens with zero attached hydrogens (tertiary/aromatic N) is 3. The molecule has 1 aliphatic rings. The van der Waals surface area contributed by atoms with Gasteiger partial charge in [-0.3, -0.25) is 9.48 Å². The van der Waals surface area contributed by atoms with E-state index in [2.05, 4.69) is 10.4 Å². The van der Waals surface area contributed by atoms with Gasteiger partial charge >= 0.3 is 0 Å². The second-order valence-corrected chi connectivity index (χ2v) is 6.49. The van der Waals surface area contributed by atoms with Crippen LogP contribution in [0.3, 0.4) is 0 Å². The third kappa shape index (κ3) is 5.73. The Balaban J connectivity index is 0.00000169. The Morgan fingerprint density at radius 3 is 2.58 bits per heavy atom. The molecule has 1 amide bonds. The standard InChI is InChI=1S/C19H26N4O.2ClH/c1-20-11-7-16-8-13-22(14-9-16)19(24)18-6-3-2-5-17(18)15-23-12-4-10-21-23;;/h2-6,10,12,16,20H,7-9,11,13-15H2,1H3;2*1H. The van der Waals surface area contributed by atoms with E-state index >= 15 is 0 Å². The molecule has 0 spiro atoms. The van der Waals surface area contributed by atoms with Gasteiger partial charge < -0.3 is 10.2 Å². The fourth-order valence-electron chi connectivity index (χ4n) is 3.38. The molecule has 0 saturated carbocycles. The van der Waals surface area contributed by atoms with E-state index in [1.54, 1.807) is 6.20 Å². The minimum Gasteiger partial charge on any atom is -0.339 e. The van der Waals surface area contributed by atoms with Gasteiger partial charge in [0.1, 0.15) is 0 Å². The van der Waals surface area contributed by atoms with Crippen LogP contribution in [0, 0.1) is 5.92 Å². The summed E-state index contributed by atoms with van der Waals surface area (Å²) >= 11 is 0. The number of likely N-dealkylation sites (tertiary alicyclic amines) is 1. The average Bonchev–Trinajstić information content (AvgIpc) is 3.13. The minimum atomic E-state index is 0. The van der Waals surface area contributed by atoms with Crippen LogP contribution in [0.25, 0.3) is 0 Å². The summed E-state index contributed by atoms with van der Waals surface area (Å²) in [6, 6.07) is 9.79. The summed E-state index contributed by atoms with van der Waals surface area (Å²) in [5.41, 5.74) is 1.84. The molecule has 5 nitrogen and oxygen atoms in total. The maximum Gasteiger partial charge on any atom is 0.254 e. The molecule has 2 aromatic rings. The highest BCUT2D eigenvalue weighted by Crippen LogP contribution is 2.22. The van der Waals surface area contributed by atoms with Crippen LogP contribution < -0.4 is 5.32 Å². The van der Waals surface area contributed by atoms with E-state index in [0.29, 0.717) is 6.54 Å². The third-order valence-corrected chi connectivity index (χ3v) is 4.84. The van der Waals surface area contributed by atoms with E-state index in [9.17, 15) is 4.79 Å². The van der Waals surface area contributed by atoms with Crippen molar-refractivity contribution in [2.45, 2.75) is 25.8 Å². The summed E-state index contributed by atoms with van der Waals surface area (Å²) in [4.78, 5) is 15.0. The summed E-state index contributed by atoms with van der Waals surface area (Å²) < 4.78 is 1.86. The van der Waals surface area contributed by atoms with Crippen molar-refractivity contribution < 1.29 is 4.79 Å². The first-order valence-corrected chi connectivity index (χ1v) is 8.77. The topological polar surface area (TPSA) is 50.2 Å². The van der Waals surface area contributed by atoms with Crippen LogP contribution >= 0.6 is 24.8 Å². The molecule has 26 heavy (non-hydrogen) atoms. The molecule has 0 aliphatic carbocycles. The molecule has 1 N–H and O–H groups in total. The van der Waals surface area contributed by atoms with Gasteiger partial charge in [-0.1, -0.05) is 18.2 Å². The highest BCUT2D eigenvalue weighted by atomic mass is 35.5. The van der Waals surface area contributed by atoms with E-state index in [1.807, 2.05) is 53.2 Å². The van der Waals surface area contributed by atoms with Gasteiger partial charge in [-0.25, -0.2) is 0 Å². The van der Waals surface area contributed by atoms with E-state index in [0.717, 1.165) is 49.5 Å². The Hall–Kier alpha value is -1.56. The number of aromatic nitrogens is 2. The molecule has 0 atom stereocenters. The SMILES string of the molecule is CNCCC1CCN(C(=O)c2ccccc2Cn2cccn2)CC1.Cl.Cl. The highest BCUT2D eigenvalue weighted by Gasteiger charge is 2.24. The van der Waals surface area contributed by atoms with Crippen LogP contribution in [0.5, 0.6) is 0 Å². The molecule has 7 heteroatoms. The zero-order valence-electron chi connectivity index (χ0n) is 15.1. The maximum atomic E-state index is 13.0. The van der Waals surface area contributed by atoms with Gasteiger partial charge in [0.15, 0.2) is 0 Å². The summed E-state index contributed by atoms with van der Waals surface area (Å²) in [5, 5.41) is 7.46. The quantitative estimate of drug-likeness (QED) is 0.812. The lowest BCUT2D eigenvalue weighted by Crippen LogP contribution is -2.39. The van der Waals surface area contributed by atoms with Crippen LogP contribution in [0.1, 0.15) is 35.2 Å². The lowest BCUT2D eigenvalue weighted by atomic mass is 9.93. The summed E-state index contributed by atoms with van der Waals surface area (Å²) in [6.45, 7) is 3.42. The predicted molar refractivity (Wildman–Crippen MR) is 109 cm³/mol. The zero-order chi connectivity index (χ0) is 16.8. The normalized spacial score (nSPS) is 14.4. The van der Waals surface area contributed by atoms with Crippen molar-refractivity contribution in [1.82, 2.24) is 20.0 Å². The number of piperidine rings is 1. The third-order valence-electron chi connectivity index (χ3n) is 4.84. The number of rotatable bonds is 6. The smallest absolute Gasteiger partial charge is 0.254 e. The minimum absolute atomic E-state index is 0. The van der Waals surface area contributed by atoms with Crippen molar-refractivity contribution in [3.8, 4) is 0 Å². The first-order valence-electron chi connectivity index (χ1n) is 8.77. The summed E-state index contributed by atoms with van der Waals surface area (Å²) in [5.74, 6) is 0.894. The van der Waals surface area contributed by atoms with Crippen molar-refractivity contribution in [2.75, 3.05) is 26.7 Å². The molecule has 3 rings (SSSR count). The maximum absolute atomic E-state index is 13.0. The van der Waals surface area contributed by atoms with Gasteiger partial charge in [-0.05, 0) is 56.5 Å². The second-order valence-electron chi connectivity index (χ2n) is 6.49. The molecule has 1 saturated heterocycles. The van der Waals surface area contributed by atoms with Crippen molar-refractivity contribution in [2.24, 2.45) is 5.92 Å². The van der Waals surface area contributed by atoms with E-state index < -0.39 is 0 Å². The Bertz CT molecular complexity index is 655. The second kappa shape index (κ2) is 11.2. The van der Waals surface area contributed by atoms with E-state index in [4.69, 9.17) is 0 Å². The Labute approximate surface area is 168 Å². The number of benzene rings is 1. The molecule has 1 aliphatic heterocycles. The van der Waals surface area contributed by atoms with Crippen molar-refractivity contribution in [3.05, 3.63) is 53.9 Å². The number of carbonyl (C=O) groups is 1. The molecular weight excluding hydrogens is 371 g/mol. The van der Waals surface area contributed by atoms with Gasteiger partial charge in [0, 0.05) is 31.0 Å². The number of halogens is 2. The van der Waals surface area contributed by atoms with Gasteiger partial charge in [0.2, 0.25) is 0 Å². The number of amides is 1. The van der Waals surface area contributed by atoms with E-state index in [-0.39, 0.29) is 30.7 Å². The lowest BCUT2D eigenvalue weighted by Gasteiger charge is -2.32. The monoisotopic (exact) mass is 398 g/mol. The fourth-order valence-corrected chi connectivity index (χ4v) is 3.38. The van der Waals surface area contributed by atoms with E-state index in [1.165, 1.54) is 6.42 Å². The van der Waals surface area contributed by atoms with Crippen LogP contribution in [-0.2, 0) is 6.54 Å².